The van der Waals surface area contributed by atoms with E-state index in [9.17, 15) is 14.4 Å². The number of rotatable bonds is 2. The molecule has 2 heterocycles. The highest BCUT2D eigenvalue weighted by Crippen LogP contribution is 2.40. The van der Waals surface area contributed by atoms with Gasteiger partial charge in [0.2, 0.25) is 11.8 Å². The van der Waals surface area contributed by atoms with Crippen molar-refractivity contribution in [2.75, 3.05) is 4.90 Å². The van der Waals surface area contributed by atoms with Crippen LogP contribution in [0.1, 0.15) is 36.0 Å². The summed E-state index contributed by atoms with van der Waals surface area (Å²) in [5, 5.41) is 0. The predicted octanol–water partition coefficient (Wildman–Crippen LogP) is 2.25. The largest absolute Gasteiger partial charge is 0.274 e. The molecule has 24 heavy (non-hydrogen) atoms. The molecule has 2 unspecified atom stereocenters. The van der Waals surface area contributed by atoms with Gasteiger partial charge in [-0.25, -0.2) is 4.98 Å². The smallest absolute Gasteiger partial charge is 0.263 e. The average Bonchev–Trinajstić information content (AvgIpc) is 3.23. The lowest BCUT2D eigenvalue weighted by molar-refractivity contribution is -0.122. The fourth-order valence-electron chi connectivity index (χ4n) is 3.70. The Balaban J connectivity index is 1.60. The van der Waals surface area contributed by atoms with Crippen LogP contribution < -0.4 is 4.90 Å². The van der Waals surface area contributed by atoms with Gasteiger partial charge in [0.15, 0.2) is 0 Å². The van der Waals surface area contributed by atoms with Gasteiger partial charge < -0.3 is 0 Å². The standard InChI is InChI=1S/C18H17N3O3/c22-16(20-10-9-19-11-20)12-5-7-13(8-6-12)21-17(23)14-3-1-2-4-15(14)18(21)24/h5-11,14-15H,1-4H2. The molecule has 1 aliphatic carbocycles. The van der Waals surface area contributed by atoms with E-state index in [4.69, 9.17) is 0 Å². The van der Waals surface area contributed by atoms with Crippen molar-refractivity contribution in [2.45, 2.75) is 25.7 Å². The summed E-state index contributed by atoms with van der Waals surface area (Å²) < 4.78 is 1.38. The van der Waals surface area contributed by atoms with Crippen LogP contribution in [0.3, 0.4) is 0 Å². The quantitative estimate of drug-likeness (QED) is 0.795. The number of benzene rings is 1. The Bertz CT molecular complexity index is 771. The van der Waals surface area contributed by atoms with Crippen molar-refractivity contribution in [3.05, 3.63) is 48.5 Å². The maximum Gasteiger partial charge on any atom is 0.263 e. The number of hydrogen-bond donors (Lipinski definition) is 0. The Labute approximate surface area is 139 Å². The number of anilines is 1. The van der Waals surface area contributed by atoms with Crippen LogP contribution in [0.5, 0.6) is 0 Å². The molecule has 4 rings (SSSR count). The second kappa shape index (κ2) is 5.70. The summed E-state index contributed by atoms with van der Waals surface area (Å²) in [7, 11) is 0. The molecule has 2 aromatic rings. The van der Waals surface area contributed by atoms with Crippen molar-refractivity contribution in [3.63, 3.8) is 0 Å². The summed E-state index contributed by atoms with van der Waals surface area (Å²) in [5.74, 6) is -0.736. The first kappa shape index (κ1) is 14.8. The highest BCUT2D eigenvalue weighted by atomic mass is 16.2. The lowest BCUT2D eigenvalue weighted by atomic mass is 9.81. The molecule has 1 aromatic carbocycles. The Morgan fingerprint density at radius 1 is 1.00 bits per heavy atom. The lowest BCUT2D eigenvalue weighted by Crippen LogP contribution is -2.30. The van der Waals surface area contributed by atoms with E-state index in [-0.39, 0.29) is 29.6 Å². The number of imide groups is 1. The van der Waals surface area contributed by atoms with Gasteiger partial charge in [-0.3, -0.25) is 23.9 Å². The highest BCUT2D eigenvalue weighted by Gasteiger charge is 2.48. The molecule has 0 spiro atoms. The van der Waals surface area contributed by atoms with E-state index in [2.05, 4.69) is 4.98 Å². The lowest BCUT2D eigenvalue weighted by Gasteiger charge is -2.19. The molecule has 1 saturated heterocycles. The number of carbonyl (C=O) groups excluding carboxylic acids is 3. The fourth-order valence-corrected chi connectivity index (χ4v) is 3.70. The molecule has 0 bridgehead atoms. The Morgan fingerprint density at radius 3 is 2.17 bits per heavy atom. The van der Waals surface area contributed by atoms with Gasteiger partial charge in [-0.2, -0.15) is 0 Å². The summed E-state index contributed by atoms with van der Waals surface area (Å²) in [5.41, 5.74) is 1.02. The zero-order valence-corrected chi connectivity index (χ0v) is 13.1. The predicted molar refractivity (Wildman–Crippen MR) is 86.3 cm³/mol. The van der Waals surface area contributed by atoms with Crippen LogP contribution in [0.4, 0.5) is 5.69 Å². The average molecular weight is 323 g/mol. The Hall–Kier alpha value is -2.76. The third kappa shape index (κ3) is 2.26. The minimum absolute atomic E-state index is 0.0987. The zero-order valence-electron chi connectivity index (χ0n) is 13.1. The van der Waals surface area contributed by atoms with Crippen molar-refractivity contribution in [1.82, 2.24) is 9.55 Å². The van der Waals surface area contributed by atoms with E-state index in [1.54, 1.807) is 30.5 Å². The van der Waals surface area contributed by atoms with Gasteiger partial charge >= 0.3 is 0 Å². The molecule has 1 saturated carbocycles. The maximum atomic E-state index is 12.6. The summed E-state index contributed by atoms with van der Waals surface area (Å²) in [4.78, 5) is 42.6. The molecular formula is C18H17N3O3. The number of amides is 2. The van der Waals surface area contributed by atoms with E-state index < -0.39 is 0 Å². The van der Waals surface area contributed by atoms with Crippen LogP contribution in [0.15, 0.2) is 43.0 Å². The molecule has 6 nitrogen and oxygen atoms in total. The number of nitrogens with zero attached hydrogens (tertiary/aromatic N) is 3. The second-order valence-electron chi connectivity index (χ2n) is 6.33. The molecule has 122 valence electrons. The van der Waals surface area contributed by atoms with Gasteiger partial charge in [0, 0.05) is 18.0 Å². The molecule has 2 aliphatic rings. The molecule has 6 heteroatoms. The highest BCUT2D eigenvalue weighted by molar-refractivity contribution is 6.22. The van der Waals surface area contributed by atoms with Gasteiger partial charge in [-0.1, -0.05) is 12.8 Å². The van der Waals surface area contributed by atoms with Crippen LogP contribution in [0.25, 0.3) is 0 Å². The first-order chi connectivity index (χ1) is 11.7. The monoisotopic (exact) mass is 323 g/mol. The van der Waals surface area contributed by atoms with Crippen molar-refractivity contribution in [1.29, 1.82) is 0 Å². The van der Waals surface area contributed by atoms with E-state index >= 15 is 0 Å². The van der Waals surface area contributed by atoms with Gasteiger partial charge in [0.05, 0.1) is 17.5 Å². The van der Waals surface area contributed by atoms with Crippen LogP contribution in [-0.4, -0.2) is 27.3 Å². The van der Waals surface area contributed by atoms with E-state index in [0.717, 1.165) is 25.7 Å². The molecule has 1 aromatic heterocycles. The van der Waals surface area contributed by atoms with Crippen LogP contribution in [0, 0.1) is 11.8 Å². The summed E-state index contributed by atoms with van der Waals surface area (Å²) >= 11 is 0. The molecule has 2 amide bonds. The van der Waals surface area contributed by atoms with Gasteiger partial charge in [0.25, 0.3) is 5.91 Å². The van der Waals surface area contributed by atoms with Crippen molar-refractivity contribution in [3.8, 4) is 0 Å². The molecule has 2 atom stereocenters. The molecule has 0 N–H and O–H groups in total. The molecule has 0 radical (unpaired) electrons. The minimum Gasteiger partial charge on any atom is -0.274 e. The van der Waals surface area contributed by atoms with Crippen molar-refractivity contribution >= 4 is 23.4 Å². The number of aromatic nitrogens is 2. The third-order valence-corrected chi connectivity index (χ3v) is 4.95. The Morgan fingerprint density at radius 2 is 1.62 bits per heavy atom. The van der Waals surface area contributed by atoms with Crippen molar-refractivity contribution in [2.24, 2.45) is 11.8 Å². The van der Waals surface area contributed by atoms with Crippen LogP contribution in [-0.2, 0) is 9.59 Å². The summed E-state index contributed by atoms with van der Waals surface area (Å²) in [6.07, 6.45) is 8.16. The van der Waals surface area contributed by atoms with Crippen molar-refractivity contribution < 1.29 is 14.4 Å². The summed E-state index contributed by atoms with van der Waals surface area (Å²) in [6, 6.07) is 6.61. The topological polar surface area (TPSA) is 72.3 Å². The van der Waals surface area contributed by atoms with Gasteiger partial charge in [0.1, 0.15) is 6.33 Å². The number of hydrogen-bond acceptors (Lipinski definition) is 4. The van der Waals surface area contributed by atoms with Crippen LogP contribution in [0.2, 0.25) is 0 Å². The van der Waals surface area contributed by atoms with E-state index in [1.807, 2.05) is 0 Å². The SMILES string of the molecule is O=C1C2CCCCC2C(=O)N1c1ccc(C(=O)n2ccnc2)cc1. The van der Waals surface area contributed by atoms with Gasteiger partial charge in [-0.15, -0.1) is 0 Å². The first-order valence-corrected chi connectivity index (χ1v) is 8.17. The Kier molecular flexibility index (Phi) is 3.52. The number of imidazole rings is 1. The number of fused-ring (bicyclic) bond motifs is 1. The van der Waals surface area contributed by atoms with Crippen LogP contribution >= 0.6 is 0 Å². The number of carbonyl (C=O) groups is 3. The zero-order chi connectivity index (χ0) is 16.7. The minimum atomic E-state index is -0.202. The molecular weight excluding hydrogens is 306 g/mol. The van der Waals surface area contributed by atoms with Gasteiger partial charge in [-0.05, 0) is 37.1 Å². The maximum absolute atomic E-state index is 12.6. The summed E-state index contributed by atoms with van der Waals surface area (Å²) in [6.45, 7) is 0. The van der Waals surface area contributed by atoms with E-state index in [0.29, 0.717) is 11.3 Å². The molecule has 2 fully saturated rings. The normalized spacial score (nSPS) is 23.4. The molecule has 1 aliphatic heterocycles. The fraction of sp³-hybridized carbons (Fsp3) is 0.333. The first-order valence-electron chi connectivity index (χ1n) is 8.17. The van der Waals surface area contributed by atoms with E-state index in [1.165, 1.54) is 22.0 Å². The second-order valence-corrected chi connectivity index (χ2v) is 6.33. The third-order valence-electron chi connectivity index (χ3n) is 4.95.